The van der Waals surface area contributed by atoms with Crippen molar-refractivity contribution in [3.05, 3.63) is 35.9 Å². The summed E-state index contributed by atoms with van der Waals surface area (Å²) in [6.45, 7) is 5.44. The van der Waals surface area contributed by atoms with Crippen molar-refractivity contribution in [1.29, 1.82) is 0 Å². The standard InChI is InChI=1S/C17H27NO3/c1-2-12-21-18-10-13-20-17(15-7-4-3-5-8-15)16(14-18)9-6-11-19/h3-5,7-8,16-17,19H,2,6,9-14H2,1H3. The van der Waals surface area contributed by atoms with Gasteiger partial charge in [-0.15, -0.1) is 0 Å². The molecule has 4 nitrogen and oxygen atoms in total. The second kappa shape index (κ2) is 9.15. The molecule has 0 spiro atoms. The summed E-state index contributed by atoms with van der Waals surface area (Å²) in [5.41, 5.74) is 1.22. The molecular formula is C17H27NO3. The third-order valence-electron chi connectivity index (χ3n) is 3.84. The van der Waals surface area contributed by atoms with Gasteiger partial charge in [-0.3, -0.25) is 4.84 Å². The highest BCUT2D eigenvalue weighted by Crippen LogP contribution is 2.32. The summed E-state index contributed by atoms with van der Waals surface area (Å²) >= 11 is 0. The number of hydroxylamine groups is 2. The fourth-order valence-corrected chi connectivity index (χ4v) is 2.81. The van der Waals surface area contributed by atoms with Gasteiger partial charge in [0.2, 0.25) is 0 Å². The summed E-state index contributed by atoms with van der Waals surface area (Å²) < 4.78 is 6.11. The lowest BCUT2D eigenvalue weighted by Crippen LogP contribution is -2.31. The zero-order valence-corrected chi connectivity index (χ0v) is 12.9. The third-order valence-corrected chi connectivity index (χ3v) is 3.84. The van der Waals surface area contributed by atoms with Gasteiger partial charge in [0.15, 0.2) is 0 Å². The van der Waals surface area contributed by atoms with E-state index < -0.39 is 0 Å². The van der Waals surface area contributed by atoms with Crippen LogP contribution in [0.25, 0.3) is 0 Å². The van der Waals surface area contributed by atoms with Crippen LogP contribution in [0.2, 0.25) is 0 Å². The van der Waals surface area contributed by atoms with E-state index in [2.05, 4.69) is 31.2 Å². The van der Waals surface area contributed by atoms with E-state index in [1.807, 2.05) is 11.1 Å². The highest BCUT2D eigenvalue weighted by Gasteiger charge is 2.29. The Morgan fingerprint density at radius 1 is 1.33 bits per heavy atom. The number of nitrogens with zero attached hydrogens (tertiary/aromatic N) is 1. The fraction of sp³-hybridized carbons (Fsp3) is 0.647. The van der Waals surface area contributed by atoms with E-state index in [1.54, 1.807) is 0 Å². The SMILES string of the molecule is CCCON1CCOC(c2ccccc2)C(CCCO)C1. The predicted octanol–water partition coefficient (Wildman–Crippen LogP) is 2.79. The van der Waals surface area contributed by atoms with Crippen LogP contribution in [0.3, 0.4) is 0 Å². The minimum Gasteiger partial charge on any atom is -0.396 e. The van der Waals surface area contributed by atoms with Crippen LogP contribution in [0.5, 0.6) is 0 Å². The lowest BCUT2D eigenvalue weighted by atomic mass is 9.91. The highest BCUT2D eigenvalue weighted by molar-refractivity contribution is 5.18. The Morgan fingerprint density at radius 2 is 2.14 bits per heavy atom. The number of hydrogen-bond acceptors (Lipinski definition) is 4. The van der Waals surface area contributed by atoms with Gasteiger partial charge in [-0.1, -0.05) is 37.3 Å². The van der Waals surface area contributed by atoms with Gasteiger partial charge in [-0.2, -0.15) is 5.06 Å². The molecule has 1 saturated heterocycles. The van der Waals surface area contributed by atoms with E-state index in [-0.39, 0.29) is 12.7 Å². The van der Waals surface area contributed by atoms with E-state index in [0.29, 0.717) is 12.5 Å². The molecule has 1 aromatic carbocycles. The maximum absolute atomic E-state index is 9.15. The molecule has 1 aliphatic heterocycles. The van der Waals surface area contributed by atoms with Gasteiger partial charge >= 0.3 is 0 Å². The molecule has 2 unspecified atom stereocenters. The quantitative estimate of drug-likeness (QED) is 0.839. The van der Waals surface area contributed by atoms with Crippen molar-refractivity contribution in [3.8, 4) is 0 Å². The molecule has 0 amide bonds. The number of ether oxygens (including phenoxy) is 1. The summed E-state index contributed by atoms with van der Waals surface area (Å²) in [6.07, 6.45) is 2.86. The summed E-state index contributed by atoms with van der Waals surface area (Å²) in [7, 11) is 0. The van der Waals surface area contributed by atoms with E-state index >= 15 is 0 Å². The largest absolute Gasteiger partial charge is 0.396 e. The molecule has 4 heteroatoms. The van der Waals surface area contributed by atoms with E-state index in [9.17, 15) is 0 Å². The van der Waals surface area contributed by atoms with Gasteiger partial charge in [0.25, 0.3) is 0 Å². The predicted molar refractivity (Wildman–Crippen MR) is 82.8 cm³/mol. The number of hydrogen-bond donors (Lipinski definition) is 1. The smallest absolute Gasteiger partial charge is 0.0866 e. The Morgan fingerprint density at radius 3 is 2.86 bits per heavy atom. The molecule has 1 fully saturated rings. The van der Waals surface area contributed by atoms with Crippen LogP contribution in [-0.4, -0.2) is 43.1 Å². The zero-order valence-electron chi connectivity index (χ0n) is 12.9. The van der Waals surface area contributed by atoms with Gasteiger partial charge in [0.1, 0.15) is 0 Å². The average molecular weight is 293 g/mol. The molecule has 1 N–H and O–H groups in total. The minimum absolute atomic E-state index is 0.0907. The van der Waals surface area contributed by atoms with Crippen molar-refractivity contribution in [3.63, 3.8) is 0 Å². The first-order chi connectivity index (χ1) is 10.3. The summed E-state index contributed by atoms with van der Waals surface area (Å²) in [5.74, 6) is 0.346. The first kappa shape index (κ1) is 16.4. The number of aliphatic hydroxyl groups is 1. The molecule has 0 radical (unpaired) electrons. The normalized spacial score (nSPS) is 23.9. The van der Waals surface area contributed by atoms with Crippen molar-refractivity contribution in [2.75, 3.05) is 32.9 Å². The van der Waals surface area contributed by atoms with E-state index in [4.69, 9.17) is 14.7 Å². The first-order valence-corrected chi connectivity index (χ1v) is 8.00. The van der Waals surface area contributed by atoms with Gasteiger partial charge in [0.05, 0.1) is 19.3 Å². The van der Waals surface area contributed by atoms with Crippen molar-refractivity contribution >= 4 is 0 Å². The van der Waals surface area contributed by atoms with Gasteiger partial charge < -0.3 is 9.84 Å². The highest BCUT2D eigenvalue weighted by atomic mass is 16.7. The Hall–Kier alpha value is -0.940. The third kappa shape index (κ3) is 5.08. The van der Waals surface area contributed by atoms with Crippen LogP contribution < -0.4 is 0 Å². The molecule has 0 aliphatic carbocycles. The molecule has 1 aromatic rings. The lowest BCUT2D eigenvalue weighted by Gasteiger charge is -2.27. The second-order valence-electron chi connectivity index (χ2n) is 5.55. The molecule has 2 rings (SSSR count). The second-order valence-corrected chi connectivity index (χ2v) is 5.55. The molecular weight excluding hydrogens is 266 g/mol. The number of aliphatic hydroxyl groups excluding tert-OH is 1. The number of rotatable bonds is 7. The van der Waals surface area contributed by atoms with Gasteiger partial charge in [-0.05, 0) is 24.8 Å². The van der Waals surface area contributed by atoms with Crippen LogP contribution in [0.4, 0.5) is 0 Å². The summed E-state index contributed by atoms with van der Waals surface area (Å²) in [6, 6.07) is 10.4. The zero-order chi connectivity index (χ0) is 14.9. The Balaban J connectivity index is 2.06. The molecule has 2 atom stereocenters. The Labute approximate surface area is 127 Å². The summed E-state index contributed by atoms with van der Waals surface area (Å²) in [5, 5.41) is 11.2. The van der Waals surface area contributed by atoms with Gasteiger partial charge in [0, 0.05) is 25.6 Å². The van der Waals surface area contributed by atoms with Crippen LogP contribution in [0, 0.1) is 5.92 Å². The van der Waals surface area contributed by atoms with Crippen LogP contribution in [0.15, 0.2) is 30.3 Å². The number of benzene rings is 1. The van der Waals surface area contributed by atoms with Crippen molar-refractivity contribution < 1.29 is 14.7 Å². The summed E-state index contributed by atoms with van der Waals surface area (Å²) in [4.78, 5) is 5.80. The lowest BCUT2D eigenvalue weighted by molar-refractivity contribution is -0.162. The van der Waals surface area contributed by atoms with Crippen molar-refractivity contribution in [2.45, 2.75) is 32.3 Å². The Kier molecular flexibility index (Phi) is 7.16. The van der Waals surface area contributed by atoms with Crippen LogP contribution in [0.1, 0.15) is 37.9 Å². The molecule has 21 heavy (non-hydrogen) atoms. The topological polar surface area (TPSA) is 41.9 Å². The molecule has 0 aromatic heterocycles. The molecule has 0 bridgehead atoms. The van der Waals surface area contributed by atoms with E-state index in [0.717, 1.165) is 39.0 Å². The minimum atomic E-state index is 0.0907. The Bertz CT molecular complexity index is 385. The molecule has 1 aliphatic rings. The monoisotopic (exact) mass is 293 g/mol. The maximum Gasteiger partial charge on any atom is 0.0866 e. The average Bonchev–Trinajstić information content (AvgIpc) is 2.74. The molecule has 1 heterocycles. The van der Waals surface area contributed by atoms with E-state index in [1.165, 1.54) is 5.56 Å². The fourth-order valence-electron chi connectivity index (χ4n) is 2.81. The van der Waals surface area contributed by atoms with Crippen molar-refractivity contribution in [1.82, 2.24) is 5.06 Å². The van der Waals surface area contributed by atoms with Gasteiger partial charge in [-0.25, -0.2) is 0 Å². The molecule has 118 valence electrons. The molecule has 0 saturated carbocycles. The van der Waals surface area contributed by atoms with Crippen LogP contribution >= 0.6 is 0 Å². The van der Waals surface area contributed by atoms with Crippen LogP contribution in [-0.2, 0) is 9.57 Å². The maximum atomic E-state index is 9.15. The van der Waals surface area contributed by atoms with Crippen molar-refractivity contribution in [2.24, 2.45) is 5.92 Å². The first-order valence-electron chi connectivity index (χ1n) is 8.00.